The molecule has 130 valence electrons. The standard InChI is InChI=1S/C13H18F4N4OS/c14-12(15)13(16,17)8-20-3-5-21(6-4-20)11(22)9-7-23-10(19-9)1-2-18/h7,12H,1-6,8,18H2. The highest BCUT2D eigenvalue weighted by Crippen LogP contribution is 2.24. The number of alkyl halides is 4. The molecule has 0 spiro atoms. The summed E-state index contributed by atoms with van der Waals surface area (Å²) in [6.07, 6.45) is -3.09. The van der Waals surface area contributed by atoms with Gasteiger partial charge in [-0.05, 0) is 6.54 Å². The Labute approximate surface area is 135 Å². The number of piperazine rings is 1. The van der Waals surface area contributed by atoms with E-state index in [0.29, 0.717) is 18.7 Å². The molecule has 0 aromatic carbocycles. The molecule has 0 bridgehead atoms. The van der Waals surface area contributed by atoms with E-state index in [1.807, 2.05) is 0 Å². The average Bonchev–Trinajstić information content (AvgIpc) is 2.96. The minimum atomic E-state index is -4.03. The highest BCUT2D eigenvalue weighted by molar-refractivity contribution is 7.09. The van der Waals surface area contributed by atoms with E-state index in [-0.39, 0.29) is 32.1 Å². The summed E-state index contributed by atoms with van der Waals surface area (Å²) < 4.78 is 50.5. The molecule has 1 fully saturated rings. The van der Waals surface area contributed by atoms with Crippen LogP contribution in [0.25, 0.3) is 0 Å². The number of hydrogen-bond acceptors (Lipinski definition) is 5. The van der Waals surface area contributed by atoms with E-state index in [2.05, 4.69) is 4.98 Å². The molecule has 1 aromatic heterocycles. The van der Waals surface area contributed by atoms with E-state index in [4.69, 9.17) is 5.73 Å². The number of carbonyl (C=O) groups excluding carboxylic acids is 1. The van der Waals surface area contributed by atoms with Crippen molar-refractivity contribution in [3.05, 3.63) is 16.1 Å². The third kappa shape index (κ3) is 4.61. The summed E-state index contributed by atoms with van der Waals surface area (Å²) in [7, 11) is 0. The maximum absolute atomic E-state index is 13.0. The van der Waals surface area contributed by atoms with Crippen molar-refractivity contribution in [1.82, 2.24) is 14.8 Å². The summed E-state index contributed by atoms with van der Waals surface area (Å²) in [5.74, 6) is -4.30. The van der Waals surface area contributed by atoms with Crippen molar-refractivity contribution in [3.8, 4) is 0 Å². The van der Waals surface area contributed by atoms with Gasteiger partial charge in [-0.3, -0.25) is 9.69 Å². The molecule has 2 N–H and O–H groups in total. The van der Waals surface area contributed by atoms with E-state index in [9.17, 15) is 22.4 Å². The molecule has 1 amide bonds. The number of carbonyl (C=O) groups is 1. The molecule has 0 unspecified atom stereocenters. The Balaban J connectivity index is 1.87. The first-order valence-electron chi connectivity index (χ1n) is 7.15. The number of aromatic nitrogens is 1. The fourth-order valence-electron chi connectivity index (χ4n) is 2.29. The predicted molar refractivity (Wildman–Crippen MR) is 78.2 cm³/mol. The number of amides is 1. The van der Waals surface area contributed by atoms with Crippen LogP contribution in [0.5, 0.6) is 0 Å². The van der Waals surface area contributed by atoms with Crippen LogP contribution in [-0.2, 0) is 6.42 Å². The summed E-state index contributed by atoms with van der Waals surface area (Å²) in [6.45, 7) is 0.133. The van der Waals surface area contributed by atoms with Crippen molar-refractivity contribution in [1.29, 1.82) is 0 Å². The van der Waals surface area contributed by atoms with Crippen molar-refractivity contribution in [2.45, 2.75) is 18.8 Å². The van der Waals surface area contributed by atoms with Gasteiger partial charge in [-0.2, -0.15) is 8.78 Å². The summed E-state index contributed by atoms with van der Waals surface area (Å²) in [5.41, 5.74) is 5.74. The number of thiazole rings is 1. The second-order valence-electron chi connectivity index (χ2n) is 5.30. The highest BCUT2D eigenvalue weighted by atomic mass is 32.1. The van der Waals surface area contributed by atoms with Gasteiger partial charge in [-0.25, -0.2) is 13.8 Å². The highest BCUT2D eigenvalue weighted by Gasteiger charge is 2.42. The van der Waals surface area contributed by atoms with Gasteiger partial charge in [0.2, 0.25) is 0 Å². The first kappa shape index (κ1) is 18.1. The van der Waals surface area contributed by atoms with Gasteiger partial charge in [-0.1, -0.05) is 0 Å². The second kappa shape index (κ2) is 7.54. The van der Waals surface area contributed by atoms with Gasteiger partial charge in [0.05, 0.1) is 11.6 Å². The zero-order valence-corrected chi connectivity index (χ0v) is 13.2. The van der Waals surface area contributed by atoms with Gasteiger partial charge in [0, 0.05) is 38.0 Å². The quantitative estimate of drug-likeness (QED) is 0.783. The zero-order valence-electron chi connectivity index (χ0n) is 12.4. The third-order valence-corrected chi connectivity index (χ3v) is 4.45. The van der Waals surface area contributed by atoms with Crippen LogP contribution in [0.1, 0.15) is 15.5 Å². The first-order chi connectivity index (χ1) is 10.8. The number of nitrogens with two attached hydrogens (primary N) is 1. The smallest absolute Gasteiger partial charge is 0.319 e. The Bertz CT molecular complexity index is 532. The summed E-state index contributed by atoms with van der Waals surface area (Å²) in [4.78, 5) is 19.2. The average molecular weight is 354 g/mol. The Morgan fingerprint density at radius 2 is 2.00 bits per heavy atom. The van der Waals surface area contributed by atoms with Gasteiger partial charge in [0.1, 0.15) is 5.69 Å². The summed E-state index contributed by atoms with van der Waals surface area (Å²) in [6, 6.07) is 0. The lowest BCUT2D eigenvalue weighted by Crippen LogP contribution is -2.52. The van der Waals surface area contributed by atoms with Crippen LogP contribution in [-0.4, -0.2) is 72.3 Å². The molecule has 10 heteroatoms. The first-order valence-corrected chi connectivity index (χ1v) is 8.03. The molecule has 23 heavy (non-hydrogen) atoms. The minimum Gasteiger partial charge on any atom is -0.335 e. The Kier molecular flexibility index (Phi) is 5.93. The van der Waals surface area contributed by atoms with Crippen LogP contribution in [0.15, 0.2) is 5.38 Å². The molecular weight excluding hydrogens is 336 g/mol. The lowest BCUT2D eigenvalue weighted by Gasteiger charge is -2.35. The van der Waals surface area contributed by atoms with Crippen LogP contribution >= 0.6 is 11.3 Å². The van der Waals surface area contributed by atoms with Crippen LogP contribution < -0.4 is 5.73 Å². The number of nitrogens with zero attached hydrogens (tertiary/aromatic N) is 3. The third-order valence-electron chi connectivity index (χ3n) is 3.54. The molecule has 2 heterocycles. The number of hydrogen-bond donors (Lipinski definition) is 1. The van der Waals surface area contributed by atoms with Crippen LogP contribution in [0, 0.1) is 0 Å². The van der Waals surface area contributed by atoms with Gasteiger partial charge < -0.3 is 10.6 Å². The maximum atomic E-state index is 13.0. The molecule has 0 saturated carbocycles. The lowest BCUT2D eigenvalue weighted by atomic mass is 10.2. The molecule has 0 aliphatic carbocycles. The van der Waals surface area contributed by atoms with Gasteiger partial charge in [0.15, 0.2) is 0 Å². The Morgan fingerprint density at radius 3 is 2.57 bits per heavy atom. The molecule has 0 radical (unpaired) electrons. The molecular formula is C13H18F4N4OS. The molecule has 0 atom stereocenters. The van der Waals surface area contributed by atoms with Crippen molar-refractivity contribution in [2.75, 3.05) is 39.3 Å². The molecule has 1 saturated heterocycles. The number of rotatable bonds is 6. The largest absolute Gasteiger partial charge is 0.335 e. The normalized spacial score (nSPS) is 17.0. The van der Waals surface area contributed by atoms with Crippen molar-refractivity contribution < 1.29 is 22.4 Å². The molecule has 1 aliphatic rings. The Morgan fingerprint density at radius 1 is 1.35 bits per heavy atom. The fourth-order valence-corrected chi connectivity index (χ4v) is 3.07. The monoisotopic (exact) mass is 354 g/mol. The van der Waals surface area contributed by atoms with Crippen molar-refractivity contribution >= 4 is 17.2 Å². The van der Waals surface area contributed by atoms with E-state index < -0.39 is 18.9 Å². The summed E-state index contributed by atoms with van der Waals surface area (Å²) in [5, 5.41) is 2.41. The molecule has 5 nitrogen and oxygen atoms in total. The Hall–Kier alpha value is -1.26. The molecule has 2 rings (SSSR count). The van der Waals surface area contributed by atoms with Crippen LogP contribution in [0.3, 0.4) is 0 Å². The SMILES string of the molecule is NCCc1nc(C(=O)N2CCN(CC(F)(F)C(F)F)CC2)cs1. The predicted octanol–water partition coefficient (Wildman–Crippen LogP) is 1.30. The van der Waals surface area contributed by atoms with Crippen molar-refractivity contribution in [2.24, 2.45) is 5.73 Å². The van der Waals surface area contributed by atoms with Gasteiger partial charge in [0.25, 0.3) is 5.91 Å². The van der Waals surface area contributed by atoms with E-state index >= 15 is 0 Å². The van der Waals surface area contributed by atoms with E-state index in [1.54, 1.807) is 5.38 Å². The topological polar surface area (TPSA) is 62.5 Å². The maximum Gasteiger partial charge on any atom is 0.319 e. The second-order valence-corrected chi connectivity index (χ2v) is 6.24. The van der Waals surface area contributed by atoms with Gasteiger partial charge >= 0.3 is 12.3 Å². The fraction of sp³-hybridized carbons (Fsp3) is 0.692. The van der Waals surface area contributed by atoms with Crippen molar-refractivity contribution in [3.63, 3.8) is 0 Å². The van der Waals surface area contributed by atoms with Gasteiger partial charge in [-0.15, -0.1) is 11.3 Å². The number of halogens is 4. The minimum absolute atomic E-state index is 0.133. The van der Waals surface area contributed by atoms with Crippen LogP contribution in [0.4, 0.5) is 17.6 Å². The van der Waals surface area contributed by atoms with Crippen LogP contribution in [0.2, 0.25) is 0 Å². The molecule has 1 aromatic rings. The summed E-state index contributed by atoms with van der Waals surface area (Å²) >= 11 is 1.35. The lowest BCUT2D eigenvalue weighted by molar-refractivity contribution is -0.144. The van der Waals surface area contributed by atoms with E-state index in [0.717, 1.165) is 5.01 Å². The van der Waals surface area contributed by atoms with E-state index in [1.165, 1.54) is 21.1 Å². The zero-order chi connectivity index (χ0) is 17.0. The molecule has 1 aliphatic heterocycles.